The van der Waals surface area contributed by atoms with Crippen LogP contribution in [0.25, 0.3) is 0 Å². The Kier molecular flexibility index (Phi) is 13.8. The second-order valence-corrected chi connectivity index (χ2v) is 11.8. The van der Waals surface area contributed by atoms with Crippen LogP contribution in [0.1, 0.15) is 46.5 Å². The van der Waals surface area contributed by atoms with E-state index < -0.39 is 14.3 Å². The van der Waals surface area contributed by atoms with Crippen LogP contribution >= 0.6 is 12.4 Å². The second-order valence-electron chi connectivity index (χ2n) is 6.99. The third kappa shape index (κ3) is 9.67. The molecule has 0 aliphatic carbocycles. The molecule has 0 spiro atoms. The Bertz CT molecular complexity index is 376. The van der Waals surface area contributed by atoms with E-state index in [1.807, 2.05) is 0 Å². The van der Waals surface area contributed by atoms with Crippen molar-refractivity contribution < 1.29 is 23.8 Å². The molecule has 1 fully saturated rings. The zero-order valence-electron chi connectivity index (χ0n) is 16.9. The van der Waals surface area contributed by atoms with Crippen molar-refractivity contribution in [3.05, 3.63) is 0 Å². The highest BCUT2D eigenvalue weighted by Gasteiger charge is 2.28. The van der Waals surface area contributed by atoms with Gasteiger partial charge in [0.05, 0.1) is 19.1 Å². The average Bonchev–Trinajstić information content (AvgIpc) is 3.07. The van der Waals surface area contributed by atoms with Gasteiger partial charge < -0.3 is 23.9 Å². The molecule has 0 saturated carbocycles. The SMILES string of the molecule is CC[Si](CC)(CC)OCCCN(C)CCC1COC(CCC(=O)O)O1.Cl. The maximum atomic E-state index is 10.6. The number of carbonyl (C=O) groups is 1. The van der Waals surface area contributed by atoms with Crippen LogP contribution in [-0.2, 0) is 18.7 Å². The lowest BCUT2D eigenvalue weighted by molar-refractivity contribution is -0.139. The van der Waals surface area contributed by atoms with E-state index in [0.29, 0.717) is 13.0 Å². The summed E-state index contributed by atoms with van der Waals surface area (Å²) in [7, 11) is 0.677. The minimum absolute atomic E-state index is 0. The van der Waals surface area contributed by atoms with Gasteiger partial charge in [-0.15, -0.1) is 12.4 Å². The summed E-state index contributed by atoms with van der Waals surface area (Å²) in [6, 6.07) is 3.62. The highest BCUT2D eigenvalue weighted by atomic mass is 35.5. The molecule has 156 valence electrons. The first-order valence-electron chi connectivity index (χ1n) is 9.76. The molecule has 8 heteroatoms. The molecular weight excluding hydrogens is 374 g/mol. The van der Waals surface area contributed by atoms with E-state index >= 15 is 0 Å². The van der Waals surface area contributed by atoms with Crippen LogP contribution in [0.2, 0.25) is 18.1 Å². The predicted octanol–water partition coefficient (Wildman–Crippen LogP) is 3.75. The summed E-state index contributed by atoms with van der Waals surface area (Å²) in [5.74, 6) is -0.807. The smallest absolute Gasteiger partial charge is 0.303 e. The Balaban J connectivity index is 0.00000625. The van der Waals surface area contributed by atoms with Gasteiger partial charge in [-0.3, -0.25) is 4.79 Å². The highest BCUT2D eigenvalue weighted by Crippen LogP contribution is 2.22. The molecule has 0 aromatic heterocycles. The van der Waals surface area contributed by atoms with Crippen LogP contribution in [0, 0.1) is 0 Å². The van der Waals surface area contributed by atoms with Gasteiger partial charge in [-0.2, -0.15) is 0 Å². The van der Waals surface area contributed by atoms with Crippen molar-refractivity contribution in [3.63, 3.8) is 0 Å². The number of aliphatic carboxylic acids is 1. The van der Waals surface area contributed by atoms with E-state index in [9.17, 15) is 4.79 Å². The van der Waals surface area contributed by atoms with Gasteiger partial charge in [-0.25, -0.2) is 0 Å². The summed E-state index contributed by atoms with van der Waals surface area (Å²) in [4.78, 5) is 12.9. The van der Waals surface area contributed by atoms with Crippen molar-refractivity contribution in [2.45, 2.75) is 77.0 Å². The summed E-state index contributed by atoms with van der Waals surface area (Å²) in [5, 5.41) is 8.69. The first-order valence-corrected chi connectivity index (χ1v) is 12.3. The Morgan fingerprint density at radius 3 is 2.42 bits per heavy atom. The highest BCUT2D eigenvalue weighted by molar-refractivity contribution is 6.73. The first kappa shape index (κ1) is 25.8. The Morgan fingerprint density at radius 2 is 1.85 bits per heavy atom. The second kappa shape index (κ2) is 13.9. The van der Waals surface area contributed by atoms with E-state index in [4.69, 9.17) is 19.0 Å². The van der Waals surface area contributed by atoms with Crippen molar-refractivity contribution in [3.8, 4) is 0 Å². The molecule has 0 amide bonds. The van der Waals surface area contributed by atoms with Gasteiger partial charge in [0.25, 0.3) is 0 Å². The molecule has 1 aliphatic heterocycles. The maximum Gasteiger partial charge on any atom is 0.303 e. The zero-order valence-corrected chi connectivity index (χ0v) is 18.7. The van der Waals surface area contributed by atoms with E-state index in [1.54, 1.807) is 0 Å². The molecule has 0 aromatic rings. The van der Waals surface area contributed by atoms with Crippen LogP contribution < -0.4 is 0 Å². The van der Waals surface area contributed by atoms with Crippen LogP contribution in [-0.4, -0.2) is 70.0 Å². The Hall–Kier alpha value is -0.183. The third-order valence-electron chi connectivity index (χ3n) is 5.26. The van der Waals surface area contributed by atoms with Crippen molar-refractivity contribution >= 4 is 26.7 Å². The molecule has 1 aliphatic rings. The summed E-state index contributed by atoms with van der Waals surface area (Å²) in [6.07, 6.45) is 2.23. The lowest BCUT2D eigenvalue weighted by Crippen LogP contribution is -2.36. The number of carboxylic acid groups (broad SMARTS) is 1. The van der Waals surface area contributed by atoms with E-state index in [0.717, 1.165) is 32.5 Å². The third-order valence-corrected chi connectivity index (χ3v) is 9.95. The van der Waals surface area contributed by atoms with Gasteiger partial charge in [0.2, 0.25) is 0 Å². The van der Waals surface area contributed by atoms with Gasteiger partial charge in [-0.1, -0.05) is 20.8 Å². The number of halogens is 1. The monoisotopic (exact) mass is 411 g/mol. The van der Waals surface area contributed by atoms with E-state index in [2.05, 4.69) is 32.7 Å². The van der Waals surface area contributed by atoms with Gasteiger partial charge in [0, 0.05) is 19.6 Å². The molecule has 1 rings (SSSR count). The fourth-order valence-electron chi connectivity index (χ4n) is 3.21. The fourth-order valence-corrected chi connectivity index (χ4v) is 5.90. The minimum atomic E-state index is -1.45. The zero-order chi connectivity index (χ0) is 18.7. The topological polar surface area (TPSA) is 68.2 Å². The van der Waals surface area contributed by atoms with Crippen LogP contribution in [0.4, 0.5) is 0 Å². The van der Waals surface area contributed by atoms with Crippen molar-refractivity contribution in [2.75, 3.05) is 33.4 Å². The summed E-state index contributed by atoms with van der Waals surface area (Å²) >= 11 is 0. The molecule has 2 unspecified atom stereocenters. The molecule has 6 nitrogen and oxygen atoms in total. The average molecular weight is 412 g/mol. The Morgan fingerprint density at radius 1 is 1.19 bits per heavy atom. The van der Waals surface area contributed by atoms with Gasteiger partial charge in [0.1, 0.15) is 0 Å². The summed E-state index contributed by atoms with van der Waals surface area (Å²) in [5.41, 5.74) is 0. The Labute approximate surface area is 166 Å². The fraction of sp³-hybridized carbons (Fsp3) is 0.944. The number of hydrogen-bond donors (Lipinski definition) is 1. The largest absolute Gasteiger partial charge is 0.481 e. The van der Waals surface area contributed by atoms with E-state index in [-0.39, 0.29) is 31.2 Å². The van der Waals surface area contributed by atoms with E-state index in [1.165, 1.54) is 18.1 Å². The molecule has 2 atom stereocenters. The minimum Gasteiger partial charge on any atom is -0.481 e. The first-order chi connectivity index (χ1) is 11.9. The molecule has 1 heterocycles. The number of carboxylic acids is 1. The van der Waals surface area contributed by atoms with Gasteiger partial charge in [0.15, 0.2) is 14.6 Å². The molecule has 0 radical (unpaired) electrons. The lowest BCUT2D eigenvalue weighted by atomic mass is 10.2. The predicted molar refractivity (Wildman–Crippen MR) is 109 cm³/mol. The molecule has 0 bridgehead atoms. The van der Waals surface area contributed by atoms with Crippen LogP contribution in [0.3, 0.4) is 0 Å². The quantitative estimate of drug-likeness (QED) is 0.347. The normalized spacial score (nSPS) is 20.3. The summed E-state index contributed by atoms with van der Waals surface area (Å²) < 4.78 is 17.5. The molecule has 1 saturated heterocycles. The molecular formula is C18H38ClNO5Si. The van der Waals surface area contributed by atoms with Crippen molar-refractivity contribution in [2.24, 2.45) is 0 Å². The molecule has 1 N–H and O–H groups in total. The number of nitrogens with zero attached hydrogens (tertiary/aromatic N) is 1. The molecule has 0 aromatic carbocycles. The van der Waals surface area contributed by atoms with Crippen molar-refractivity contribution in [1.29, 1.82) is 0 Å². The van der Waals surface area contributed by atoms with Crippen LogP contribution in [0.5, 0.6) is 0 Å². The summed E-state index contributed by atoms with van der Waals surface area (Å²) in [6.45, 7) is 10.2. The number of rotatable bonds is 14. The number of ether oxygens (including phenoxy) is 2. The van der Waals surface area contributed by atoms with Crippen molar-refractivity contribution in [1.82, 2.24) is 4.90 Å². The van der Waals surface area contributed by atoms with Gasteiger partial charge in [-0.05, 0) is 44.6 Å². The lowest BCUT2D eigenvalue weighted by Gasteiger charge is -2.28. The number of hydrogen-bond acceptors (Lipinski definition) is 5. The van der Waals surface area contributed by atoms with Gasteiger partial charge >= 0.3 is 5.97 Å². The maximum absolute atomic E-state index is 10.6. The molecule has 26 heavy (non-hydrogen) atoms. The van der Waals surface area contributed by atoms with Crippen LogP contribution in [0.15, 0.2) is 0 Å². The standard InChI is InChI=1S/C18H37NO5Si.ClH/c1-5-25(6-2,7-3)23-14-8-12-19(4)13-11-16-15-22-18(24-16)10-9-17(20)21;/h16,18H,5-15H2,1-4H3,(H,20,21);1H.